The summed E-state index contributed by atoms with van der Waals surface area (Å²) in [4.78, 5) is 3.91. The van der Waals surface area contributed by atoms with Gasteiger partial charge < -0.3 is 0 Å². The van der Waals surface area contributed by atoms with Crippen LogP contribution in [0.1, 0.15) is 11.1 Å². The number of rotatable bonds is 0. The fourth-order valence-corrected chi connectivity index (χ4v) is 1.55. The van der Waals surface area contributed by atoms with Gasteiger partial charge in [0.25, 0.3) is 0 Å². The Kier molecular flexibility index (Phi) is 3.63. The Balaban J connectivity index is 2.30. The highest BCUT2D eigenvalue weighted by Crippen LogP contribution is 2.15. The van der Waals surface area contributed by atoms with Gasteiger partial charge in [0, 0.05) is 23.5 Å². The van der Waals surface area contributed by atoms with Crippen LogP contribution in [0.3, 0.4) is 0 Å². The van der Waals surface area contributed by atoms with Crippen LogP contribution in [0.25, 0.3) is 0 Å². The molecule has 0 aliphatic heterocycles. The van der Waals surface area contributed by atoms with Crippen LogP contribution in [0.15, 0.2) is 36.7 Å². The summed E-state index contributed by atoms with van der Waals surface area (Å²) in [6.45, 7) is 0. The molecule has 1 aromatic heterocycles. The zero-order valence-electron chi connectivity index (χ0n) is 8.55. The molecule has 0 unspecified atom stereocenters. The first kappa shape index (κ1) is 11.9. The van der Waals surface area contributed by atoms with E-state index in [0.717, 1.165) is 0 Å². The Labute approximate surface area is 108 Å². The van der Waals surface area contributed by atoms with Crippen molar-refractivity contribution in [2.24, 2.45) is 0 Å². The molecule has 0 saturated heterocycles. The average Bonchev–Trinajstić information content (AvgIpc) is 2.31. The van der Waals surface area contributed by atoms with Crippen molar-refractivity contribution < 1.29 is 4.39 Å². The van der Waals surface area contributed by atoms with Gasteiger partial charge in [-0.1, -0.05) is 35.0 Å². The summed E-state index contributed by atoms with van der Waals surface area (Å²) in [5, 5.41) is 0.579. The second-order valence-corrected chi connectivity index (χ2v) is 4.11. The minimum absolute atomic E-state index is 0.0565. The molecular formula is C13H6Cl2FN. The summed E-state index contributed by atoms with van der Waals surface area (Å²) in [5.41, 5.74) is 1.33. The number of hydrogen-bond acceptors (Lipinski definition) is 1. The Hall–Kier alpha value is -1.56. The lowest BCUT2D eigenvalue weighted by Crippen LogP contribution is -1.81. The van der Waals surface area contributed by atoms with Gasteiger partial charge >= 0.3 is 0 Å². The molecule has 0 radical (unpaired) electrons. The molecule has 1 aromatic carbocycles. The maximum atomic E-state index is 12.9. The fraction of sp³-hybridized carbons (Fsp3) is 0. The van der Waals surface area contributed by atoms with Gasteiger partial charge in [-0.2, -0.15) is 0 Å². The standard InChI is InChI=1S/C13H6Cl2FN/c14-11-5-10(7-17-8-11)2-1-9-3-4-13(16)12(15)6-9/h3-8H. The summed E-state index contributed by atoms with van der Waals surface area (Å²) >= 11 is 11.4. The maximum Gasteiger partial charge on any atom is 0.141 e. The monoisotopic (exact) mass is 265 g/mol. The topological polar surface area (TPSA) is 12.9 Å². The SMILES string of the molecule is Fc1ccc(C#Cc2cncc(Cl)c2)cc1Cl. The summed E-state index contributed by atoms with van der Waals surface area (Å²) in [6, 6.07) is 6.02. The molecule has 4 heteroatoms. The summed E-state index contributed by atoms with van der Waals surface area (Å²) in [7, 11) is 0. The second kappa shape index (κ2) is 5.18. The first-order valence-corrected chi connectivity index (χ1v) is 5.48. The van der Waals surface area contributed by atoms with Crippen molar-refractivity contribution >= 4 is 23.2 Å². The molecule has 0 amide bonds. The van der Waals surface area contributed by atoms with Gasteiger partial charge in [-0.3, -0.25) is 4.98 Å². The average molecular weight is 266 g/mol. The zero-order valence-corrected chi connectivity index (χ0v) is 10.1. The predicted molar refractivity (Wildman–Crippen MR) is 66.6 cm³/mol. The van der Waals surface area contributed by atoms with Crippen LogP contribution in [-0.2, 0) is 0 Å². The molecule has 17 heavy (non-hydrogen) atoms. The van der Waals surface area contributed by atoms with Crippen molar-refractivity contribution in [2.45, 2.75) is 0 Å². The number of hydrogen-bond donors (Lipinski definition) is 0. The molecule has 0 bridgehead atoms. The third-order valence-corrected chi connectivity index (χ3v) is 2.47. The smallest absolute Gasteiger partial charge is 0.141 e. The van der Waals surface area contributed by atoms with E-state index in [1.807, 2.05) is 0 Å². The van der Waals surface area contributed by atoms with E-state index >= 15 is 0 Å². The van der Waals surface area contributed by atoms with Gasteiger partial charge in [-0.05, 0) is 24.3 Å². The van der Waals surface area contributed by atoms with E-state index < -0.39 is 5.82 Å². The molecular weight excluding hydrogens is 260 g/mol. The third-order valence-electron chi connectivity index (χ3n) is 1.98. The molecule has 84 valence electrons. The molecule has 1 heterocycles. The maximum absolute atomic E-state index is 12.9. The van der Waals surface area contributed by atoms with Crippen LogP contribution in [-0.4, -0.2) is 4.98 Å². The lowest BCUT2D eigenvalue weighted by Gasteiger charge is -1.94. The van der Waals surface area contributed by atoms with Crippen LogP contribution in [0, 0.1) is 17.7 Å². The van der Waals surface area contributed by atoms with Crippen LogP contribution >= 0.6 is 23.2 Å². The Morgan fingerprint density at radius 1 is 1.00 bits per heavy atom. The molecule has 0 fully saturated rings. The molecule has 0 N–H and O–H groups in total. The number of aromatic nitrogens is 1. The summed E-state index contributed by atoms with van der Waals surface area (Å²) in [5.74, 6) is 5.27. The van der Waals surface area contributed by atoms with Crippen molar-refractivity contribution in [1.29, 1.82) is 0 Å². The van der Waals surface area contributed by atoms with Crippen molar-refractivity contribution in [3.63, 3.8) is 0 Å². The molecule has 2 rings (SSSR count). The van der Waals surface area contributed by atoms with E-state index in [4.69, 9.17) is 23.2 Å². The lowest BCUT2D eigenvalue weighted by molar-refractivity contribution is 0.628. The predicted octanol–water partition coefficient (Wildman–Crippen LogP) is 3.93. The Bertz CT molecular complexity index is 614. The first-order valence-electron chi connectivity index (χ1n) is 4.73. The number of benzene rings is 1. The van der Waals surface area contributed by atoms with Gasteiger partial charge in [0.2, 0.25) is 0 Å². The van der Waals surface area contributed by atoms with Gasteiger partial charge in [-0.25, -0.2) is 4.39 Å². The van der Waals surface area contributed by atoms with E-state index in [2.05, 4.69) is 16.8 Å². The number of halogens is 3. The molecule has 1 nitrogen and oxygen atoms in total. The Morgan fingerprint density at radius 3 is 2.47 bits per heavy atom. The van der Waals surface area contributed by atoms with Crippen LogP contribution in [0.2, 0.25) is 10.0 Å². The van der Waals surface area contributed by atoms with E-state index in [1.54, 1.807) is 18.3 Å². The molecule has 0 aliphatic carbocycles. The largest absolute Gasteiger partial charge is 0.262 e. The molecule has 0 saturated carbocycles. The summed E-state index contributed by atoms with van der Waals surface area (Å²) < 4.78 is 12.9. The zero-order chi connectivity index (χ0) is 12.3. The van der Waals surface area contributed by atoms with Crippen LogP contribution in [0.5, 0.6) is 0 Å². The van der Waals surface area contributed by atoms with E-state index in [-0.39, 0.29) is 5.02 Å². The van der Waals surface area contributed by atoms with Gasteiger partial charge in [0.1, 0.15) is 5.82 Å². The van der Waals surface area contributed by atoms with Crippen LogP contribution < -0.4 is 0 Å². The summed E-state index contributed by atoms with van der Waals surface area (Å²) in [6.07, 6.45) is 3.13. The van der Waals surface area contributed by atoms with E-state index in [9.17, 15) is 4.39 Å². The van der Waals surface area contributed by atoms with Gasteiger partial charge in [-0.15, -0.1) is 0 Å². The Morgan fingerprint density at radius 2 is 1.76 bits per heavy atom. The highest BCUT2D eigenvalue weighted by molar-refractivity contribution is 6.31. The van der Waals surface area contributed by atoms with Crippen molar-refractivity contribution in [1.82, 2.24) is 4.98 Å². The first-order chi connectivity index (χ1) is 8.15. The highest BCUT2D eigenvalue weighted by Gasteiger charge is 1.98. The molecule has 0 spiro atoms. The van der Waals surface area contributed by atoms with Crippen LogP contribution in [0.4, 0.5) is 4.39 Å². The van der Waals surface area contributed by atoms with Gasteiger partial charge in [0.05, 0.1) is 10.0 Å². The highest BCUT2D eigenvalue weighted by atomic mass is 35.5. The number of pyridine rings is 1. The third kappa shape index (κ3) is 3.20. The molecule has 2 aromatic rings. The van der Waals surface area contributed by atoms with E-state index in [0.29, 0.717) is 16.1 Å². The van der Waals surface area contributed by atoms with Gasteiger partial charge in [0.15, 0.2) is 0 Å². The number of nitrogens with zero attached hydrogens (tertiary/aromatic N) is 1. The molecule has 0 aliphatic rings. The fourth-order valence-electron chi connectivity index (χ4n) is 1.20. The minimum atomic E-state index is -0.457. The normalized spacial score (nSPS) is 9.59. The van der Waals surface area contributed by atoms with E-state index in [1.165, 1.54) is 18.3 Å². The van der Waals surface area contributed by atoms with Crippen molar-refractivity contribution in [3.8, 4) is 11.8 Å². The van der Waals surface area contributed by atoms with Crippen molar-refractivity contribution in [2.75, 3.05) is 0 Å². The lowest BCUT2D eigenvalue weighted by atomic mass is 10.2. The second-order valence-electron chi connectivity index (χ2n) is 3.27. The minimum Gasteiger partial charge on any atom is -0.262 e. The molecule has 0 atom stereocenters. The van der Waals surface area contributed by atoms with Crippen molar-refractivity contribution in [3.05, 3.63) is 63.6 Å². The quantitative estimate of drug-likeness (QED) is 0.658.